The summed E-state index contributed by atoms with van der Waals surface area (Å²) in [6, 6.07) is 10.9. The second-order valence-corrected chi connectivity index (χ2v) is 5.77. The highest BCUT2D eigenvalue weighted by atomic mass is 16.2. The average molecular weight is 321 g/mol. The van der Waals surface area contributed by atoms with Crippen LogP contribution in [-0.4, -0.2) is 15.5 Å². The zero-order chi connectivity index (χ0) is 17.1. The molecule has 122 valence electrons. The monoisotopic (exact) mass is 321 g/mol. The van der Waals surface area contributed by atoms with Crippen molar-refractivity contribution in [1.29, 1.82) is 0 Å². The van der Waals surface area contributed by atoms with Crippen LogP contribution in [-0.2, 0) is 6.54 Å². The molecule has 0 saturated heterocycles. The van der Waals surface area contributed by atoms with E-state index < -0.39 is 0 Å². The van der Waals surface area contributed by atoms with Crippen LogP contribution in [0.2, 0.25) is 0 Å². The molecule has 2 heterocycles. The Morgan fingerprint density at radius 2 is 1.92 bits per heavy atom. The van der Waals surface area contributed by atoms with E-state index >= 15 is 0 Å². The first-order chi connectivity index (χ1) is 11.6. The van der Waals surface area contributed by atoms with E-state index in [0.29, 0.717) is 23.3 Å². The van der Waals surface area contributed by atoms with Crippen molar-refractivity contribution in [3.05, 3.63) is 70.4 Å². The number of aromatic nitrogens is 2. The molecule has 2 aromatic heterocycles. The number of anilines is 1. The smallest absolute Gasteiger partial charge is 0.272 e. The van der Waals surface area contributed by atoms with Gasteiger partial charge in [0.1, 0.15) is 5.69 Å². The lowest BCUT2D eigenvalue weighted by Crippen LogP contribution is -2.28. The van der Waals surface area contributed by atoms with Crippen molar-refractivity contribution in [3.63, 3.8) is 0 Å². The van der Waals surface area contributed by atoms with Gasteiger partial charge < -0.3 is 9.88 Å². The highest BCUT2D eigenvalue weighted by molar-refractivity contribution is 6.05. The second-order valence-electron chi connectivity index (χ2n) is 5.77. The average Bonchev–Trinajstić information content (AvgIpc) is 2.58. The van der Waals surface area contributed by atoms with E-state index in [1.165, 1.54) is 0 Å². The van der Waals surface area contributed by atoms with Gasteiger partial charge in [-0.3, -0.25) is 14.6 Å². The third-order valence-corrected chi connectivity index (χ3v) is 3.89. The van der Waals surface area contributed by atoms with Crippen LogP contribution in [0.5, 0.6) is 0 Å². The predicted octanol–water partition coefficient (Wildman–Crippen LogP) is 3.37. The third kappa shape index (κ3) is 3.06. The van der Waals surface area contributed by atoms with Crippen LogP contribution in [0.25, 0.3) is 10.8 Å². The van der Waals surface area contributed by atoms with Crippen molar-refractivity contribution in [2.75, 3.05) is 5.32 Å². The number of carbonyl (C=O) groups excluding carboxylic acids is 1. The highest BCUT2D eigenvalue weighted by Gasteiger charge is 2.15. The minimum Gasteiger partial charge on any atom is -0.321 e. The zero-order valence-corrected chi connectivity index (χ0v) is 13.7. The van der Waals surface area contributed by atoms with Crippen LogP contribution in [0.1, 0.15) is 29.4 Å². The van der Waals surface area contributed by atoms with Gasteiger partial charge in [-0.2, -0.15) is 0 Å². The molecule has 0 aliphatic carbocycles. The Morgan fingerprint density at radius 3 is 2.62 bits per heavy atom. The summed E-state index contributed by atoms with van der Waals surface area (Å²) in [7, 11) is 0. The maximum absolute atomic E-state index is 12.8. The van der Waals surface area contributed by atoms with E-state index in [0.717, 1.165) is 17.4 Å². The van der Waals surface area contributed by atoms with Crippen molar-refractivity contribution >= 4 is 22.4 Å². The van der Waals surface area contributed by atoms with Crippen LogP contribution in [0.3, 0.4) is 0 Å². The number of amides is 1. The zero-order valence-electron chi connectivity index (χ0n) is 13.7. The second kappa shape index (κ2) is 6.66. The van der Waals surface area contributed by atoms with Gasteiger partial charge in [-0.25, -0.2) is 0 Å². The number of rotatable bonds is 4. The summed E-state index contributed by atoms with van der Waals surface area (Å²) in [4.78, 5) is 29.4. The summed E-state index contributed by atoms with van der Waals surface area (Å²) >= 11 is 0. The quantitative estimate of drug-likeness (QED) is 0.801. The van der Waals surface area contributed by atoms with Gasteiger partial charge in [-0.1, -0.05) is 24.6 Å². The topological polar surface area (TPSA) is 64.0 Å². The Bertz CT molecular complexity index is 946. The minimum absolute atomic E-state index is 0.127. The molecule has 0 fully saturated rings. The van der Waals surface area contributed by atoms with Gasteiger partial charge in [0, 0.05) is 30.0 Å². The number of carbonyl (C=O) groups is 1. The van der Waals surface area contributed by atoms with Crippen LogP contribution in [0.4, 0.5) is 5.69 Å². The van der Waals surface area contributed by atoms with Gasteiger partial charge in [0.15, 0.2) is 0 Å². The van der Waals surface area contributed by atoms with Gasteiger partial charge in [0.05, 0.1) is 0 Å². The molecule has 0 saturated carbocycles. The molecule has 3 rings (SSSR count). The molecular formula is C19H19N3O2. The van der Waals surface area contributed by atoms with E-state index in [9.17, 15) is 9.59 Å². The summed E-state index contributed by atoms with van der Waals surface area (Å²) in [6.07, 6.45) is 3.99. The molecule has 5 heteroatoms. The molecule has 1 N–H and O–H groups in total. The first-order valence-electron chi connectivity index (χ1n) is 7.95. The summed E-state index contributed by atoms with van der Waals surface area (Å²) in [6.45, 7) is 4.44. The van der Waals surface area contributed by atoms with E-state index in [2.05, 4.69) is 10.3 Å². The molecule has 0 spiro atoms. The molecule has 0 aliphatic rings. The number of aryl methyl sites for hydroxylation is 1. The van der Waals surface area contributed by atoms with Gasteiger partial charge in [0.2, 0.25) is 0 Å². The van der Waals surface area contributed by atoms with E-state index in [1.54, 1.807) is 35.2 Å². The van der Waals surface area contributed by atoms with E-state index in [1.807, 2.05) is 32.0 Å². The molecule has 3 aromatic rings. The van der Waals surface area contributed by atoms with Gasteiger partial charge in [0.25, 0.3) is 11.5 Å². The standard InChI is InChI=1S/C19H19N3O2/c1-3-10-22-17(18(23)21-15-6-8-20-9-7-15)12-14-5-4-13(2)11-16(14)19(22)24/h4-9,11-12H,3,10H2,1-2H3,(H,20,21,23). The number of hydrogen-bond acceptors (Lipinski definition) is 3. The SMILES string of the molecule is CCCn1c(C(=O)Nc2ccncc2)cc2ccc(C)cc2c1=O. The first kappa shape index (κ1) is 15.9. The maximum atomic E-state index is 12.8. The summed E-state index contributed by atoms with van der Waals surface area (Å²) in [5.41, 5.74) is 1.92. The first-order valence-corrected chi connectivity index (χ1v) is 7.95. The number of pyridine rings is 2. The normalized spacial score (nSPS) is 10.8. The lowest BCUT2D eigenvalue weighted by atomic mass is 10.1. The lowest BCUT2D eigenvalue weighted by molar-refractivity contribution is 0.101. The number of fused-ring (bicyclic) bond motifs is 1. The van der Waals surface area contributed by atoms with Crippen molar-refractivity contribution in [3.8, 4) is 0 Å². The van der Waals surface area contributed by atoms with Crippen LogP contribution in [0.15, 0.2) is 53.6 Å². The third-order valence-electron chi connectivity index (χ3n) is 3.89. The van der Waals surface area contributed by atoms with Crippen molar-refractivity contribution in [1.82, 2.24) is 9.55 Å². The number of nitrogens with one attached hydrogen (secondary N) is 1. The van der Waals surface area contributed by atoms with Crippen molar-refractivity contribution in [2.24, 2.45) is 0 Å². The summed E-state index contributed by atoms with van der Waals surface area (Å²) < 4.78 is 1.55. The highest BCUT2D eigenvalue weighted by Crippen LogP contribution is 2.16. The Labute approximate surface area is 140 Å². The summed E-state index contributed by atoms with van der Waals surface area (Å²) in [5.74, 6) is -0.297. The number of benzene rings is 1. The van der Waals surface area contributed by atoms with Crippen molar-refractivity contribution in [2.45, 2.75) is 26.8 Å². The Hall–Kier alpha value is -2.95. The molecule has 0 aliphatic heterocycles. The fourth-order valence-electron chi connectivity index (χ4n) is 2.73. The fourth-order valence-corrected chi connectivity index (χ4v) is 2.73. The molecule has 0 bridgehead atoms. The minimum atomic E-state index is -0.297. The van der Waals surface area contributed by atoms with Gasteiger partial charge in [-0.15, -0.1) is 0 Å². The van der Waals surface area contributed by atoms with E-state index in [4.69, 9.17) is 0 Å². The number of hydrogen-bond donors (Lipinski definition) is 1. The largest absolute Gasteiger partial charge is 0.321 e. The van der Waals surface area contributed by atoms with Gasteiger partial charge in [-0.05, 0) is 43.0 Å². The van der Waals surface area contributed by atoms with Crippen LogP contribution < -0.4 is 10.9 Å². The molecule has 0 atom stereocenters. The van der Waals surface area contributed by atoms with Crippen LogP contribution >= 0.6 is 0 Å². The number of nitrogens with zero attached hydrogens (tertiary/aromatic N) is 2. The molecule has 5 nitrogen and oxygen atoms in total. The molecule has 1 aromatic carbocycles. The molecule has 0 unspecified atom stereocenters. The fraction of sp³-hybridized carbons (Fsp3) is 0.211. The van der Waals surface area contributed by atoms with Gasteiger partial charge >= 0.3 is 0 Å². The molecule has 1 amide bonds. The maximum Gasteiger partial charge on any atom is 0.272 e. The predicted molar refractivity (Wildman–Crippen MR) is 95.4 cm³/mol. The Morgan fingerprint density at radius 1 is 1.17 bits per heavy atom. The molecule has 0 radical (unpaired) electrons. The Balaban J connectivity index is 2.12. The van der Waals surface area contributed by atoms with E-state index in [-0.39, 0.29) is 11.5 Å². The van der Waals surface area contributed by atoms with Crippen molar-refractivity contribution < 1.29 is 4.79 Å². The Kier molecular flexibility index (Phi) is 4.42. The summed E-state index contributed by atoms with van der Waals surface area (Å²) in [5, 5.41) is 4.24. The lowest BCUT2D eigenvalue weighted by Gasteiger charge is -2.14. The molecule has 24 heavy (non-hydrogen) atoms. The van der Waals surface area contributed by atoms with Crippen LogP contribution in [0, 0.1) is 6.92 Å². The molecular weight excluding hydrogens is 302 g/mol.